The van der Waals surface area contributed by atoms with Gasteiger partial charge in [-0.15, -0.1) is 0 Å². The van der Waals surface area contributed by atoms with Gasteiger partial charge in [-0.2, -0.15) is 0 Å². The van der Waals surface area contributed by atoms with Crippen molar-refractivity contribution in [1.82, 2.24) is 9.13 Å². The monoisotopic (exact) mass is 440 g/mol. The number of halogens is 1. The Balaban J connectivity index is 2.01. The molecule has 8 nitrogen and oxygen atoms in total. The molecular formula is C22H21ClN4O4. The lowest BCUT2D eigenvalue weighted by Crippen LogP contribution is -2.54. The summed E-state index contributed by atoms with van der Waals surface area (Å²) in [4.78, 5) is 53.4. The van der Waals surface area contributed by atoms with Crippen molar-refractivity contribution >= 4 is 34.8 Å². The Hall–Kier alpha value is -3.13. The van der Waals surface area contributed by atoms with Crippen LogP contribution in [0, 0.1) is 5.41 Å². The number of carbonyl (C=O) groups excluding carboxylic acids is 2. The first kappa shape index (κ1) is 19.8. The van der Waals surface area contributed by atoms with Crippen LogP contribution in [0.5, 0.6) is 0 Å². The molecular weight excluding hydrogens is 420 g/mol. The standard InChI is InChI=1S/C22H21ClN4O4/c1-21(2)8-13-15(14(28)9-21)22(11-7-10(23)5-6-12(11)25-19(22)30)16-17(24-13)26(3)20(31)27(4)18(16)29/h5-7,24H,8-9H2,1-4H3,(H,25,30). The third-order valence-electron chi connectivity index (χ3n) is 6.53. The number of carbonyl (C=O) groups is 2. The molecule has 1 spiro atoms. The van der Waals surface area contributed by atoms with E-state index in [-0.39, 0.29) is 34.6 Å². The largest absolute Gasteiger partial charge is 0.344 e. The number of hydrogen-bond donors (Lipinski definition) is 2. The van der Waals surface area contributed by atoms with Gasteiger partial charge in [-0.3, -0.25) is 23.5 Å². The normalized spacial score (nSPS) is 23.3. The molecule has 9 heteroatoms. The molecule has 0 saturated carbocycles. The Morgan fingerprint density at radius 1 is 1.00 bits per heavy atom. The van der Waals surface area contributed by atoms with Gasteiger partial charge in [0.05, 0.1) is 5.56 Å². The van der Waals surface area contributed by atoms with Crippen LogP contribution in [-0.2, 0) is 29.1 Å². The summed E-state index contributed by atoms with van der Waals surface area (Å²) in [5.74, 6) is -0.479. The molecule has 2 aromatic rings. The lowest BCUT2D eigenvalue weighted by atomic mass is 9.61. The van der Waals surface area contributed by atoms with E-state index >= 15 is 0 Å². The number of nitrogens with zero attached hydrogens (tertiary/aromatic N) is 2. The fourth-order valence-corrected chi connectivity index (χ4v) is 5.40. The summed E-state index contributed by atoms with van der Waals surface area (Å²) in [6.07, 6.45) is 0.724. The average molecular weight is 441 g/mol. The zero-order valence-corrected chi connectivity index (χ0v) is 18.3. The van der Waals surface area contributed by atoms with Crippen molar-refractivity contribution in [1.29, 1.82) is 0 Å². The lowest BCUT2D eigenvalue weighted by molar-refractivity contribution is -0.123. The number of benzene rings is 1. The zero-order chi connectivity index (χ0) is 22.5. The van der Waals surface area contributed by atoms with Crippen molar-refractivity contribution in [2.24, 2.45) is 19.5 Å². The van der Waals surface area contributed by atoms with Crippen molar-refractivity contribution in [3.63, 3.8) is 0 Å². The third-order valence-corrected chi connectivity index (χ3v) is 6.77. The first-order chi connectivity index (χ1) is 14.5. The first-order valence-electron chi connectivity index (χ1n) is 9.95. The van der Waals surface area contributed by atoms with Gasteiger partial charge in [-0.25, -0.2) is 4.79 Å². The highest BCUT2D eigenvalue weighted by atomic mass is 35.5. The van der Waals surface area contributed by atoms with Crippen LogP contribution in [-0.4, -0.2) is 20.8 Å². The van der Waals surface area contributed by atoms with Crippen molar-refractivity contribution in [3.05, 3.63) is 66.5 Å². The Morgan fingerprint density at radius 2 is 1.71 bits per heavy atom. The van der Waals surface area contributed by atoms with Gasteiger partial charge in [-0.1, -0.05) is 25.4 Å². The number of ketones is 1. The van der Waals surface area contributed by atoms with Gasteiger partial charge in [0.1, 0.15) is 11.2 Å². The highest BCUT2D eigenvalue weighted by Crippen LogP contribution is 2.55. The number of nitrogens with one attached hydrogen (secondary N) is 2. The number of anilines is 2. The Labute approximate surface area is 182 Å². The number of amides is 1. The molecule has 1 aromatic heterocycles. The fraction of sp³-hybridized carbons (Fsp3) is 0.364. The lowest BCUT2D eigenvalue weighted by Gasteiger charge is -2.43. The van der Waals surface area contributed by atoms with E-state index in [1.807, 2.05) is 13.8 Å². The summed E-state index contributed by atoms with van der Waals surface area (Å²) < 4.78 is 2.27. The van der Waals surface area contributed by atoms with Gasteiger partial charge < -0.3 is 10.6 Å². The van der Waals surface area contributed by atoms with E-state index in [9.17, 15) is 19.2 Å². The van der Waals surface area contributed by atoms with Gasteiger partial charge in [0, 0.05) is 48.1 Å². The molecule has 5 rings (SSSR count). The van der Waals surface area contributed by atoms with Crippen LogP contribution < -0.4 is 21.9 Å². The number of allylic oxidation sites excluding steroid dienone is 1. The van der Waals surface area contributed by atoms with Crippen molar-refractivity contribution in [2.75, 3.05) is 10.6 Å². The second kappa shape index (κ2) is 5.97. The molecule has 1 amide bonds. The van der Waals surface area contributed by atoms with Crippen molar-refractivity contribution in [3.8, 4) is 0 Å². The highest BCUT2D eigenvalue weighted by Gasteiger charge is 2.60. The molecule has 0 saturated heterocycles. The number of aromatic nitrogens is 2. The minimum atomic E-state index is -1.68. The summed E-state index contributed by atoms with van der Waals surface area (Å²) in [5.41, 5.74) is -1.36. The second-order valence-electron chi connectivity index (χ2n) is 9.24. The molecule has 1 atom stereocenters. The molecule has 3 heterocycles. The quantitative estimate of drug-likeness (QED) is 0.652. The van der Waals surface area contributed by atoms with Crippen LogP contribution >= 0.6 is 11.6 Å². The van der Waals surface area contributed by atoms with Crippen molar-refractivity contribution in [2.45, 2.75) is 32.1 Å². The average Bonchev–Trinajstić information content (AvgIpc) is 2.95. The summed E-state index contributed by atoms with van der Waals surface area (Å²) in [6, 6.07) is 4.92. The summed E-state index contributed by atoms with van der Waals surface area (Å²) in [5, 5.41) is 6.39. The molecule has 1 aliphatic carbocycles. The summed E-state index contributed by atoms with van der Waals surface area (Å²) in [6.45, 7) is 3.95. The van der Waals surface area contributed by atoms with E-state index in [0.29, 0.717) is 28.4 Å². The maximum atomic E-state index is 13.7. The smallest absolute Gasteiger partial charge is 0.332 e. The molecule has 2 N–H and O–H groups in total. The molecule has 0 radical (unpaired) electrons. The predicted octanol–water partition coefficient (Wildman–Crippen LogP) is 2.04. The SMILES string of the molecule is Cn1c2c(c(=O)n(C)c1=O)C1(C(=O)Nc3ccc(Cl)cc31)C1=C(CC(C)(C)CC1=O)N2. The van der Waals surface area contributed by atoms with E-state index in [4.69, 9.17) is 11.6 Å². The first-order valence-corrected chi connectivity index (χ1v) is 10.3. The number of Topliss-reactive ketones (excluding diaryl/α,β-unsaturated/α-hetero) is 1. The van der Waals surface area contributed by atoms with Gasteiger partial charge in [-0.05, 0) is 30.0 Å². The predicted molar refractivity (Wildman–Crippen MR) is 116 cm³/mol. The Bertz CT molecular complexity index is 1380. The van der Waals surface area contributed by atoms with E-state index in [0.717, 1.165) is 4.57 Å². The van der Waals surface area contributed by atoms with Crippen molar-refractivity contribution < 1.29 is 9.59 Å². The van der Waals surface area contributed by atoms with E-state index in [1.165, 1.54) is 18.7 Å². The minimum Gasteiger partial charge on any atom is -0.344 e. The van der Waals surface area contributed by atoms with Gasteiger partial charge >= 0.3 is 5.69 Å². The Morgan fingerprint density at radius 3 is 2.42 bits per heavy atom. The minimum absolute atomic E-state index is 0.0578. The van der Waals surface area contributed by atoms with E-state index < -0.39 is 22.6 Å². The number of hydrogen-bond acceptors (Lipinski definition) is 5. The fourth-order valence-electron chi connectivity index (χ4n) is 5.23. The molecule has 0 fully saturated rings. The van der Waals surface area contributed by atoms with Crippen LogP contribution in [0.2, 0.25) is 5.02 Å². The van der Waals surface area contributed by atoms with Gasteiger partial charge in [0.15, 0.2) is 5.78 Å². The van der Waals surface area contributed by atoms with Crippen LogP contribution in [0.25, 0.3) is 0 Å². The molecule has 2 aliphatic heterocycles. The van der Waals surface area contributed by atoms with Crippen LogP contribution in [0.15, 0.2) is 39.1 Å². The third kappa shape index (κ3) is 2.36. The molecule has 0 bridgehead atoms. The highest BCUT2D eigenvalue weighted by molar-refractivity contribution is 6.31. The Kier molecular flexibility index (Phi) is 3.82. The second-order valence-corrected chi connectivity index (χ2v) is 9.68. The number of fused-ring (bicyclic) bond motifs is 5. The molecule has 3 aliphatic rings. The van der Waals surface area contributed by atoms with Crippen LogP contribution in [0.1, 0.15) is 37.8 Å². The number of rotatable bonds is 0. The summed E-state index contributed by atoms with van der Waals surface area (Å²) >= 11 is 6.29. The molecule has 1 unspecified atom stereocenters. The maximum Gasteiger partial charge on any atom is 0.332 e. The zero-order valence-electron chi connectivity index (χ0n) is 17.6. The van der Waals surface area contributed by atoms with Crippen LogP contribution in [0.3, 0.4) is 0 Å². The summed E-state index contributed by atoms with van der Waals surface area (Å²) in [7, 11) is 2.90. The molecule has 160 valence electrons. The molecule has 31 heavy (non-hydrogen) atoms. The maximum absolute atomic E-state index is 13.7. The van der Waals surface area contributed by atoms with Gasteiger partial charge in [0.2, 0.25) is 5.91 Å². The molecule has 1 aromatic carbocycles. The van der Waals surface area contributed by atoms with Gasteiger partial charge in [0.25, 0.3) is 5.56 Å². The van der Waals surface area contributed by atoms with E-state index in [1.54, 1.807) is 18.2 Å². The topological polar surface area (TPSA) is 102 Å². The van der Waals surface area contributed by atoms with E-state index in [2.05, 4.69) is 10.6 Å². The van der Waals surface area contributed by atoms with Crippen LogP contribution in [0.4, 0.5) is 11.5 Å².